The Labute approximate surface area is 116 Å². The molecule has 2 aromatic rings. The van der Waals surface area contributed by atoms with E-state index in [0.717, 1.165) is 6.07 Å². The highest BCUT2D eigenvalue weighted by Crippen LogP contribution is 2.23. The molecule has 0 spiro atoms. The molecule has 2 rings (SSSR count). The van der Waals surface area contributed by atoms with Crippen LogP contribution in [0, 0.1) is 11.6 Å². The molecule has 0 saturated carbocycles. The Balaban J connectivity index is 2.31. The van der Waals surface area contributed by atoms with E-state index < -0.39 is 17.5 Å². The zero-order valence-electron chi connectivity index (χ0n) is 9.58. The van der Waals surface area contributed by atoms with Gasteiger partial charge in [0, 0.05) is 5.69 Å². The van der Waals surface area contributed by atoms with E-state index in [9.17, 15) is 13.6 Å². The van der Waals surface area contributed by atoms with Gasteiger partial charge < -0.3 is 11.1 Å². The van der Waals surface area contributed by atoms with Gasteiger partial charge in [-0.3, -0.25) is 4.79 Å². The van der Waals surface area contributed by atoms with Gasteiger partial charge in [-0.05, 0) is 46.3 Å². The predicted octanol–water partition coefficient (Wildman–Crippen LogP) is 3.56. The van der Waals surface area contributed by atoms with Crippen LogP contribution in [0.5, 0.6) is 0 Å². The summed E-state index contributed by atoms with van der Waals surface area (Å²) in [5, 5.41) is 2.34. The quantitative estimate of drug-likeness (QED) is 0.829. The highest BCUT2D eigenvalue weighted by molar-refractivity contribution is 9.10. The first-order chi connectivity index (χ1) is 8.99. The Hall–Kier alpha value is -1.95. The van der Waals surface area contributed by atoms with Crippen LogP contribution in [0.2, 0.25) is 0 Å². The van der Waals surface area contributed by atoms with E-state index in [0.29, 0.717) is 5.69 Å². The van der Waals surface area contributed by atoms with Crippen molar-refractivity contribution in [3.63, 3.8) is 0 Å². The lowest BCUT2D eigenvalue weighted by molar-refractivity contribution is 0.102. The van der Waals surface area contributed by atoms with E-state index in [1.165, 1.54) is 30.3 Å². The number of carbonyl (C=O) groups is 1. The first kappa shape index (κ1) is 13.5. The third kappa shape index (κ3) is 2.90. The molecule has 0 aliphatic heterocycles. The van der Waals surface area contributed by atoms with Gasteiger partial charge in [0.1, 0.15) is 11.6 Å². The minimum absolute atomic E-state index is 0.0248. The minimum atomic E-state index is -0.629. The molecule has 0 aromatic heterocycles. The molecule has 19 heavy (non-hydrogen) atoms. The number of hydrogen-bond donors (Lipinski definition) is 2. The monoisotopic (exact) mass is 326 g/mol. The zero-order valence-corrected chi connectivity index (χ0v) is 11.2. The van der Waals surface area contributed by atoms with Crippen LogP contribution in [-0.2, 0) is 0 Å². The standard InChI is InChI=1S/C13H9BrF2N2O/c14-12-8(2-1-3-10(12)16)13(19)18-11-6-7(17)4-5-9(11)15/h1-6H,17H2,(H,18,19). The van der Waals surface area contributed by atoms with Crippen molar-refractivity contribution in [2.24, 2.45) is 0 Å². The summed E-state index contributed by atoms with van der Waals surface area (Å²) in [6.45, 7) is 0. The second-order valence-corrected chi connectivity index (χ2v) is 4.59. The number of halogens is 3. The largest absolute Gasteiger partial charge is 0.399 e. The van der Waals surface area contributed by atoms with E-state index in [2.05, 4.69) is 21.2 Å². The highest BCUT2D eigenvalue weighted by atomic mass is 79.9. The lowest BCUT2D eigenvalue weighted by Crippen LogP contribution is -2.14. The third-order valence-corrected chi connectivity index (χ3v) is 3.24. The van der Waals surface area contributed by atoms with Crippen LogP contribution in [0.4, 0.5) is 20.2 Å². The van der Waals surface area contributed by atoms with Crippen molar-refractivity contribution in [2.75, 3.05) is 11.1 Å². The van der Waals surface area contributed by atoms with Crippen LogP contribution in [0.3, 0.4) is 0 Å². The molecule has 0 fully saturated rings. The number of amides is 1. The maximum absolute atomic E-state index is 13.5. The van der Waals surface area contributed by atoms with Gasteiger partial charge in [0.15, 0.2) is 0 Å². The lowest BCUT2D eigenvalue weighted by Gasteiger charge is -2.08. The van der Waals surface area contributed by atoms with Crippen molar-refractivity contribution in [3.05, 3.63) is 58.1 Å². The van der Waals surface area contributed by atoms with E-state index in [1.54, 1.807) is 0 Å². The first-order valence-electron chi connectivity index (χ1n) is 5.29. The van der Waals surface area contributed by atoms with Crippen LogP contribution in [0.25, 0.3) is 0 Å². The van der Waals surface area contributed by atoms with Crippen LogP contribution in [-0.4, -0.2) is 5.91 Å². The number of hydrogen-bond acceptors (Lipinski definition) is 2. The molecule has 0 unspecified atom stereocenters. The fourth-order valence-corrected chi connectivity index (χ4v) is 1.95. The van der Waals surface area contributed by atoms with Crippen molar-refractivity contribution in [1.82, 2.24) is 0 Å². The SMILES string of the molecule is Nc1ccc(F)c(NC(=O)c2cccc(F)c2Br)c1. The van der Waals surface area contributed by atoms with E-state index >= 15 is 0 Å². The molecule has 0 saturated heterocycles. The van der Waals surface area contributed by atoms with Crippen LogP contribution < -0.4 is 11.1 Å². The van der Waals surface area contributed by atoms with Crippen molar-refractivity contribution in [3.8, 4) is 0 Å². The lowest BCUT2D eigenvalue weighted by atomic mass is 10.2. The van der Waals surface area contributed by atoms with Gasteiger partial charge >= 0.3 is 0 Å². The average Bonchev–Trinajstić information content (AvgIpc) is 2.37. The minimum Gasteiger partial charge on any atom is -0.399 e. The number of benzene rings is 2. The Kier molecular flexibility index (Phi) is 3.80. The molecule has 1 amide bonds. The van der Waals surface area contributed by atoms with Crippen LogP contribution in [0.1, 0.15) is 10.4 Å². The summed E-state index contributed by atoms with van der Waals surface area (Å²) in [6, 6.07) is 7.84. The molecular formula is C13H9BrF2N2O. The number of nitrogens with one attached hydrogen (secondary N) is 1. The summed E-state index contributed by atoms with van der Waals surface area (Å²) in [5.74, 6) is -1.81. The molecule has 0 aliphatic carbocycles. The second kappa shape index (κ2) is 5.36. The van der Waals surface area contributed by atoms with Crippen molar-refractivity contribution in [1.29, 1.82) is 0 Å². The number of nitrogen functional groups attached to an aromatic ring is 1. The fraction of sp³-hybridized carbons (Fsp3) is 0. The Bertz CT molecular complexity index is 647. The second-order valence-electron chi connectivity index (χ2n) is 3.79. The van der Waals surface area contributed by atoms with Gasteiger partial charge in [-0.25, -0.2) is 8.78 Å². The molecule has 0 atom stereocenters. The summed E-state index contributed by atoms with van der Waals surface area (Å²) in [7, 11) is 0. The maximum atomic E-state index is 13.5. The molecule has 6 heteroatoms. The van der Waals surface area contributed by atoms with Gasteiger partial charge in [0.05, 0.1) is 15.7 Å². The highest BCUT2D eigenvalue weighted by Gasteiger charge is 2.14. The molecule has 2 aromatic carbocycles. The van der Waals surface area contributed by atoms with Crippen LogP contribution >= 0.6 is 15.9 Å². The predicted molar refractivity (Wildman–Crippen MR) is 72.9 cm³/mol. The van der Waals surface area contributed by atoms with Gasteiger partial charge in [0.2, 0.25) is 0 Å². The maximum Gasteiger partial charge on any atom is 0.256 e. The Morgan fingerprint density at radius 1 is 1.16 bits per heavy atom. The van der Waals surface area contributed by atoms with Crippen molar-refractivity contribution < 1.29 is 13.6 Å². The smallest absolute Gasteiger partial charge is 0.256 e. The number of carbonyl (C=O) groups excluding carboxylic acids is 1. The molecular weight excluding hydrogens is 318 g/mol. The van der Waals surface area contributed by atoms with E-state index in [4.69, 9.17) is 5.73 Å². The van der Waals surface area contributed by atoms with Gasteiger partial charge in [0.25, 0.3) is 5.91 Å². The molecule has 3 N–H and O–H groups in total. The summed E-state index contributed by atoms with van der Waals surface area (Å²) in [4.78, 5) is 11.9. The zero-order chi connectivity index (χ0) is 14.0. The van der Waals surface area contributed by atoms with Crippen molar-refractivity contribution in [2.45, 2.75) is 0 Å². The molecule has 3 nitrogen and oxygen atoms in total. The molecule has 0 aliphatic rings. The molecule has 0 bridgehead atoms. The van der Waals surface area contributed by atoms with E-state index in [-0.39, 0.29) is 15.7 Å². The van der Waals surface area contributed by atoms with Gasteiger partial charge in [-0.15, -0.1) is 0 Å². The topological polar surface area (TPSA) is 55.1 Å². The van der Waals surface area contributed by atoms with Crippen LogP contribution in [0.15, 0.2) is 40.9 Å². The Morgan fingerprint density at radius 2 is 1.89 bits per heavy atom. The third-order valence-electron chi connectivity index (χ3n) is 2.43. The summed E-state index contributed by atoms with van der Waals surface area (Å²) in [5.41, 5.74) is 5.84. The average molecular weight is 327 g/mol. The van der Waals surface area contributed by atoms with Gasteiger partial charge in [-0.2, -0.15) is 0 Å². The summed E-state index contributed by atoms with van der Waals surface area (Å²) >= 11 is 2.97. The number of rotatable bonds is 2. The molecule has 0 heterocycles. The van der Waals surface area contributed by atoms with Gasteiger partial charge in [-0.1, -0.05) is 6.07 Å². The number of nitrogens with two attached hydrogens (primary N) is 1. The Morgan fingerprint density at radius 3 is 2.63 bits per heavy atom. The van der Waals surface area contributed by atoms with Crippen molar-refractivity contribution >= 4 is 33.2 Å². The summed E-state index contributed by atoms with van der Waals surface area (Å²) < 4.78 is 26.8. The van der Waals surface area contributed by atoms with E-state index in [1.807, 2.05) is 0 Å². The first-order valence-corrected chi connectivity index (χ1v) is 6.08. The molecule has 98 valence electrons. The molecule has 0 radical (unpaired) electrons. The number of anilines is 2. The summed E-state index contributed by atoms with van der Waals surface area (Å²) in [6.07, 6.45) is 0. The normalized spacial score (nSPS) is 10.3. The fourth-order valence-electron chi connectivity index (χ4n) is 1.51.